The van der Waals surface area contributed by atoms with E-state index in [9.17, 15) is 9.59 Å². The third-order valence-corrected chi connectivity index (χ3v) is 2.17. The second-order valence-corrected chi connectivity index (χ2v) is 5.27. The summed E-state index contributed by atoms with van der Waals surface area (Å²) in [6.45, 7) is 5.38. The van der Waals surface area contributed by atoms with Gasteiger partial charge in [0.25, 0.3) is 0 Å². The van der Waals surface area contributed by atoms with Crippen molar-refractivity contribution in [3.63, 3.8) is 0 Å². The minimum absolute atomic E-state index is 0.0795. The summed E-state index contributed by atoms with van der Waals surface area (Å²) >= 11 is 5.87. The van der Waals surface area contributed by atoms with Gasteiger partial charge in [0.2, 0.25) is 0 Å². The average molecular weight is 290 g/mol. The lowest BCUT2D eigenvalue weighted by Gasteiger charge is -2.19. The number of ether oxygens (including phenoxy) is 1. The summed E-state index contributed by atoms with van der Waals surface area (Å²) in [6.07, 6.45) is 0.694. The lowest BCUT2D eigenvalue weighted by atomic mass is 10.2. The van der Waals surface area contributed by atoms with Crippen molar-refractivity contribution in [1.82, 2.24) is 9.78 Å². The number of carbonyl (C=O) groups is 2. The highest BCUT2D eigenvalue weighted by molar-refractivity contribution is 6.33. The topological polar surface area (TPSA) is 93.5 Å². The quantitative estimate of drug-likeness (QED) is 0.887. The van der Waals surface area contributed by atoms with Crippen LogP contribution in [0.1, 0.15) is 27.2 Å². The van der Waals surface area contributed by atoms with Gasteiger partial charge in [-0.15, -0.1) is 0 Å². The number of carbonyl (C=O) groups excluding carboxylic acids is 1. The number of amides is 1. The minimum Gasteiger partial charge on any atom is -0.481 e. The first-order valence-corrected chi connectivity index (χ1v) is 6.00. The Balaban J connectivity index is 2.64. The van der Waals surface area contributed by atoms with E-state index >= 15 is 0 Å². The number of aliphatic carboxylic acids is 1. The molecule has 0 saturated carbocycles. The van der Waals surface area contributed by atoms with Crippen molar-refractivity contribution in [3.8, 4) is 0 Å². The number of aromatic nitrogens is 2. The maximum absolute atomic E-state index is 11.5. The molecule has 7 nitrogen and oxygen atoms in total. The average Bonchev–Trinajstić information content (AvgIpc) is 2.54. The first-order chi connectivity index (χ1) is 8.67. The normalized spacial score (nSPS) is 11.2. The van der Waals surface area contributed by atoms with Crippen molar-refractivity contribution >= 4 is 29.5 Å². The van der Waals surface area contributed by atoms with Gasteiger partial charge in [-0.3, -0.25) is 14.8 Å². The van der Waals surface area contributed by atoms with Crippen molar-refractivity contribution in [2.24, 2.45) is 0 Å². The van der Waals surface area contributed by atoms with E-state index in [0.717, 1.165) is 0 Å². The van der Waals surface area contributed by atoms with Gasteiger partial charge >= 0.3 is 12.1 Å². The van der Waals surface area contributed by atoms with Crippen LogP contribution in [0.4, 0.5) is 10.6 Å². The maximum atomic E-state index is 11.5. The van der Waals surface area contributed by atoms with Gasteiger partial charge in [0.1, 0.15) is 10.6 Å². The zero-order valence-electron chi connectivity index (χ0n) is 10.9. The van der Waals surface area contributed by atoms with E-state index in [4.69, 9.17) is 21.4 Å². The van der Waals surface area contributed by atoms with Crippen LogP contribution in [-0.2, 0) is 16.1 Å². The first-order valence-electron chi connectivity index (χ1n) is 5.62. The largest absolute Gasteiger partial charge is 0.481 e. The number of nitrogens with one attached hydrogen (secondary N) is 1. The van der Waals surface area contributed by atoms with Crippen LogP contribution in [0.2, 0.25) is 5.02 Å². The Bertz CT molecular complexity index is 479. The van der Waals surface area contributed by atoms with Crippen LogP contribution in [0.15, 0.2) is 6.20 Å². The highest BCUT2D eigenvalue weighted by atomic mass is 35.5. The Morgan fingerprint density at radius 2 is 2.16 bits per heavy atom. The lowest BCUT2D eigenvalue weighted by Crippen LogP contribution is -2.27. The fourth-order valence-electron chi connectivity index (χ4n) is 1.21. The number of nitrogens with zero attached hydrogens (tertiary/aromatic N) is 2. The molecule has 0 aliphatic heterocycles. The van der Waals surface area contributed by atoms with Crippen molar-refractivity contribution in [3.05, 3.63) is 11.2 Å². The zero-order chi connectivity index (χ0) is 14.6. The number of carboxylic acids is 1. The highest BCUT2D eigenvalue weighted by Crippen LogP contribution is 2.20. The molecule has 0 bridgehead atoms. The van der Waals surface area contributed by atoms with Gasteiger partial charge in [-0.2, -0.15) is 5.10 Å². The highest BCUT2D eigenvalue weighted by Gasteiger charge is 2.18. The van der Waals surface area contributed by atoms with Gasteiger partial charge < -0.3 is 9.84 Å². The van der Waals surface area contributed by atoms with Gasteiger partial charge in [-0.25, -0.2) is 4.79 Å². The molecule has 1 aromatic rings. The van der Waals surface area contributed by atoms with Crippen LogP contribution in [0.25, 0.3) is 0 Å². The second-order valence-electron chi connectivity index (χ2n) is 4.86. The molecule has 1 heterocycles. The summed E-state index contributed by atoms with van der Waals surface area (Å²) in [4.78, 5) is 22.0. The number of halogens is 1. The van der Waals surface area contributed by atoms with Crippen molar-refractivity contribution in [1.29, 1.82) is 0 Å². The first kappa shape index (κ1) is 15.3. The molecule has 1 rings (SSSR count). The molecule has 0 saturated heterocycles. The summed E-state index contributed by atoms with van der Waals surface area (Å²) in [5.74, 6) is -0.797. The van der Waals surface area contributed by atoms with Crippen molar-refractivity contribution < 1.29 is 19.4 Å². The van der Waals surface area contributed by atoms with Crippen LogP contribution in [0.5, 0.6) is 0 Å². The second kappa shape index (κ2) is 5.92. The molecule has 106 valence electrons. The third-order valence-electron chi connectivity index (χ3n) is 1.89. The van der Waals surface area contributed by atoms with Crippen LogP contribution in [0.3, 0.4) is 0 Å². The monoisotopic (exact) mass is 289 g/mol. The molecule has 0 spiro atoms. The predicted octanol–water partition coefficient (Wildman–Crippen LogP) is 2.36. The Morgan fingerprint density at radius 3 is 2.68 bits per heavy atom. The number of anilines is 1. The SMILES string of the molecule is CC(C)(C)OC(=O)Nc1nn(CCC(=O)O)cc1Cl. The molecule has 0 aliphatic rings. The molecule has 0 atom stereocenters. The van der Waals surface area contributed by atoms with Crippen LogP contribution < -0.4 is 5.32 Å². The molecule has 0 unspecified atom stereocenters. The fraction of sp³-hybridized carbons (Fsp3) is 0.545. The number of hydrogen-bond donors (Lipinski definition) is 2. The van der Waals surface area contributed by atoms with Gasteiger partial charge in [0.15, 0.2) is 5.82 Å². The van der Waals surface area contributed by atoms with Gasteiger partial charge in [0, 0.05) is 6.20 Å². The van der Waals surface area contributed by atoms with E-state index in [1.54, 1.807) is 20.8 Å². The molecule has 0 radical (unpaired) electrons. The third kappa shape index (κ3) is 5.60. The van der Waals surface area contributed by atoms with E-state index in [2.05, 4.69) is 10.4 Å². The lowest BCUT2D eigenvalue weighted by molar-refractivity contribution is -0.137. The summed E-state index contributed by atoms with van der Waals surface area (Å²) in [5, 5.41) is 15.1. The summed E-state index contributed by atoms with van der Waals surface area (Å²) in [7, 11) is 0. The Kier molecular flexibility index (Phi) is 4.77. The maximum Gasteiger partial charge on any atom is 0.413 e. The smallest absolute Gasteiger partial charge is 0.413 e. The number of hydrogen-bond acceptors (Lipinski definition) is 4. The fourth-order valence-corrected chi connectivity index (χ4v) is 1.40. The number of rotatable bonds is 4. The summed E-state index contributed by atoms with van der Waals surface area (Å²) in [6, 6.07) is 0. The van der Waals surface area contributed by atoms with Crippen LogP contribution in [0, 0.1) is 0 Å². The van der Waals surface area contributed by atoms with Crippen molar-refractivity contribution in [2.75, 3.05) is 5.32 Å². The zero-order valence-corrected chi connectivity index (χ0v) is 11.7. The Hall–Kier alpha value is -1.76. The standard InChI is InChI=1S/C11H16ClN3O4/c1-11(2,3)19-10(18)13-9-7(12)6-15(14-9)5-4-8(16)17/h6H,4-5H2,1-3H3,(H,16,17)(H,13,14,18). The molecule has 2 N–H and O–H groups in total. The molecule has 8 heteroatoms. The van der Waals surface area contributed by atoms with Gasteiger partial charge in [-0.1, -0.05) is 11.6 Å². The van der Waals surface area contributed by atoms with E-state index in [-0.39, 0.29) is 23.8 Å². The number of aryl methyl sites for hydroxylation is 1. The van der Waals surface area contributed by atoms with E-state index in [1.807, 2.05) is 0 Å². The molecule has 0 fully saturated rings. The van der Waals surface area contributed by atoms with Gasteiger partial charge in [0.05, 0.1) is 13.0 Å². The molecular formula is C11H16ClN3O4. The Labute approximate surface area is 115 Å². The summed E-state index contributed by atoms with van der Waals surface area (Å²) < 4.78 is 6.40. The molecule has 1 aromatic heterocycles. The Morgan fingerprint density at radius 1 is 1.53 bits per heavy atom. The molecule has 19 heavy (non-hydrogen) atoms. The molecular weight excluding hydrogens is 274 g/mol. The van der Waals surface area contributed by atoms with Crippen LogP contribution >= 0.6 is 11.6 Å². The number of carboxylic acid groups (broad SMARTS) is 1. The van der Waals surface area contributed by atoms with E-state index < -0.39 is 17.7 Å². The van der Waals surface area contributed by atoms with Crippen molar-refractivity contribution in [2.45, 2.75) is 39.3 Å². The molecule has 0 aliphatic carbocycles. The van der Waals surface area contributed by atoms with E-state index in [1.165, 1.54) is 10.9 Å². The molecule has 1 amide bonds. The minimum atomic E-state index is -0.937. The molecule has 0 aromatic carbocycles. The summed E-state index contributed by atoms with van der Waals surface area (Å²) in [5.41, 5.74) is -0.623. The van der Waals surface area contributed by atoms with E-state index in [0.29, 0.717) is 0 Å². The predicted molar refractivity (Wildman–Crippen MR) is 69.3 cm³/mol. The van der Waals surface area contributed by atoms with Gasteiger partial charge in [-0.05, 0) is 20.8 Å². The van der Waals surface area contributed by atoms with Crippen LogP contribution in [-0.4, -0.2) is 32.6 Å².